The standard InChI is InChI=1S/C23H38N5O13P/c1-6-7-14(25-22(33)36-2)18(26-23(34)37-3)20(31)24-9-8-13-11-28(21(32)27-19(13)30)17-10-15(16(12-29)40-17)41-42(35,38-4)39-5/h11,14-18,29H,6-10,12H2,1-5H3,(H,24,31)(H,25,33)(H,26,34)(H,27,30,32)/t14?,15-,16-,17-,18?/m0/s1. The van der Waals surface area contributed by atoms with E-state index in [2.05, 4.69) is 30.4 Å². The Labute approximate surface area is 240 Å². The van der Waals surface area contributed by atoms with E-state index in [1.807, 2.05) is 6.92 Å². The van der Waals surface area contributed by atoms with Crippen LogP contribution in [-0.2, 0) is 43.6 Å². The van der Waals surface area contributed by atoms with Crippen molar-refractivity contribution in [2.75, 3.05) is 41.6 Å². The first kappa shape index (κ1) is 34.9. The highest BCUT2D eigenvalue weighted by atomic mass is 31.2. The predicted molar refractivity (Wildman–Crippen MR) is 144 cm³/mol. The van der Waals surface area contributed by atoms with E-state index in [1.165, 1.54) is 6.20 Å². The van der Waals surface area contributed by atoms with Crippen LogP contribution in [0.5, 0.6) is 0 Å². The molecule has 5 N–H and O–H groups in total. The van der Waals surface area contributed by atoms with Crippen LogP contribution in [0.1, 0.15) is 38.0 Å². The minimum absolute atomic E-state index is 0.0447. The van der Waals surface area contributed by atoms with Gasteiger partial charge >= 0.3 is 25.7 Å². The van der Waals surface area contributed by atoms with Crippen molar-refractivity contribution in [3.63, 3.8) is 0 Å². The van der Waals surface area contributed by atoms with Gasteiger partial charge in [-0.15, -0.1) is 0 Å². The number of rotatable bonds is 15. The number of carbonyl (C=O) groups is 3. The molecule has 0 spiro atoms. The lowest BCUT2D eigenvalue weighted by Gasteiger charge is -2.27. The number of ether oxygens (including phenoxy) is 3. The van der Waals surface area contributed by atoms with Gasteiger partial charge in [0.25, 0.3) is 5.56 Å². The minimum Gasteiger partial charge on any atom is -0.453 e. The summed E-state index contributed by atoms with van der Waals surface area (Å²) in [5.41, 5.74) is -1.42. The van der Waals surface area contributed by atoms with Crippen LogP contribution in [0.15, 0.2) is 15.8 Å². The molecule has 1 aliphatic heterocycles. The van der Waals surface area contributed by atoms with Gasteiger partial charge in [-0.1, -0.05) is 13.3 Å². The molecular formula is C23H38N5O13P. The lowest BCUT2D eigenvalue weighted by Crippen LogP contribution is -2.58. The fourth-order valence-corrected chi connectivity index (χ4v) is 5.07. The van der Waals surface area contributed by atoms with Crippen LogP contribution >= 0.6 is 7.82 Å². The van der Waals surface area contributed by atoms with E-state index in [0.717, 1.165) is 33.0 Å². The summed E-state index contributed by atoms with van der Waals surface area (Å²) in [5.74, 6) is -0.675. The molecular weight excluding hydrogens is 585 g/mol. The normalized spacial score (nSPS) is 19.9. The highest BCUT2D eigenvalue weighted by Crippen LogP contribution is 2.51. The number of phosphoric ester groups is 1. The van der Waals surface area contributed by atoms with Crippen molar-refractivity contribution >= 4 is 25.9 Å². The van der Waals surface area contributed by atoms with Crippen molar-refractivity contribution in [1.29, 1.82) is 0 Å². The lowest BCUT2D eigenvalue weighted by molar-refractivity contribution is -0.123. The number of hydrogen-bond donors (Lipinski definition) is 5. The number of amides is 3. The fraction of sp³-hybridized carbons (Fsp3) is 0.696. The van der Waals surface area contributed by atoms with Gasteiger partial charge in [0.2, 0.25) is 5.91 Å². The summed E-state index contributed by atoms with van der Waals surface area (Å²) < 4.78 is 43.3. The van der Waals surface area contributed by atoms with Crippen molar-refractivity contribution in [3.8, 4) is 0 Å². The van der Waals surface area contributed by atoms with E-state index in [1.54, 1.807) is 0 Å². The topological polar surface area (TPSA) is 235 Å². The lowest BCUT2D eigenvalue weighted by atomic mass is 10.0. The molecule has 0 aromatic carbocycles. The maximum absolute atomic E-state index is 13.0. The third kappa shape index (κ3) is 9.37. The molecule has 238 valence electrons. The van der Waals surface area contributed by atoms with Crippen LogP contribution in [-0.4, -0.2) is 98.6 Å². The summed E-state index contributed by atoms with van der Waals surface area (Å²) in [6.45, 7) is 1.19. The number of carbonyl (C=O) groups excluding carboxylic acids is 3. The molecule has 2 rings (SSSR count). The summed E-state index contributed by atoms with van der Waals surface area (Å²) in [6.07, 6.45) is -2.66. The van der Waals surface area contributed by atoms with Gasteiger partial charge in [0.05, 0.1) is 26.9 Å². The summed E-state index contributed by atoms with van der Waals surface area (Å²) in [7, 11) is 0.583. The van der Waals surface area contributed by atoms with Crippen LogP contribution in [0, 0.1) is 0 Å². The maximum Gasteiger partial charge on any atom is 0.474 e. The van der Waals surface area contributed by atoms with Crippen LogP contribution in [0.25, 0.3) is 0 Å². The van der Waals surface area contributed by atoms with Gasteiger partial charge in [-0.2, -0.15) is 0 Å². The molecule has 0 saturated carbocycles. The molecule has 0 radical (unpaired) electrons. The van der Waals surface area contributed by atoms with Crippen LogP contribution in [0.2, 0.25) is 0 Å². The quantitative estimate of drug-likeness (QED) is 0.155. The molecule has 2 unspecified atom stereocenters. The summed E-state index contributed by atoms with van der Waals surface area (Å²) in [6, 6.07) is -2.08. The molecule has 1 fully saturated rings. The van der Waals surface area contributed by atoms with E-state index in [0.29, 0.717) is 12.8 Å². The second-order valence-corrected chi connectivity index (χ2v) is 10.8. The number of hydrogen-bond acceptors (Lipinski definition) is 13. The van der Waals surface area contributed by atoms with Crippen LogP contribution < -0.4 is 27.2 Å². The number of alkyl carbamates (subject to hydrolysis) is 2. The van der Waals surface area contributed by atoms with Crippen molar-refractivity contribution < 1.29 is 51.8 Å². The van der Waals surface area contributed by atoms with Gasteiger partial charge < -0.3 is 35.3 Å². The first-order valence-corrected chi connectivity index (χ1v) is 14.4. The van der Waals surface area contributed by atoms with E-state index in [4.69, 9.17) is 18.3 Å². The first-order valence-electron chi connectivity index (χ1n) is 12.9. The number of aromatic amines is 1. The Morgan fingerprint density at radius 2 is 1.79 bits per heavy atom. The van der Waals surface area contributed by atoms with Gasteiger partial charge in [-0.05, 0) is 12.8 Å². The highest BCUT2D eigenvalue weighted by Gasteiger charge is 2.42. The molecule has 3 amide bonds. The van der Waals surface area contributed by atoms with E-state index < -0.39 is 74.3 Å². The summed E-state index contributed by atoms with van der Waals surface area (Å²) in [4.78, 5) is 64.0. The second kappa shape index (κ2) is 16.4. The van der Waals surface area contributed by atoms with Crippen molar-refractivity contribution in [2.24, 2.45) is 0 Å². The average Bonchev–Trinajstić information content (AvgIpc) is 3.38. The number of aromatic nitrogens is 2. The van der Waals surface area contributed by atoms with Crippen LogP contribution in [0.3, 0.4) is 0 Å². The Kier molecular flexibility index (Phi) is 13.6. The van der Waals surface area contributed by atoms with Crippen molar-refractivity contribution in [1.82, 2.24) is 25.5 Å². The number of phosphoric acid groups is 1. The first-order chi connectivity index (χ1) is 19.9. The Balaban J connectivity index is 2.18. The van der Waals surface area contributed by atoms with Crippen molar-refractivity contribution in [3.05, 3.63) is 32.6 Å². The molecule has 42 heavy (non-hydrogen) atoms. The molecule has 1 saturated heterocycles. The Morgan fingerprint density at radius 1 is 1.14 bits per heavy atom. The average molecular weight is 624 g/mol. The molecule has 1 aliphatic rings. The SMILES string of the molecule is CCCC(NC(=O)OC)C(NC(=O)OC)C(=O)NCCc1cn([C@@H]2C[C@H](OP(=O)(OC)OC)[C@H](CO)O2)c(=O)[nH]c1=O. The highest BCUT2D eigenvalue weighted by molar-refractivity contribution is 7.48. The smallest absolute Gasteiger partial charge is 0.453 e. The molecule has 18 nitrogen and oxygen atoms in total. The second-order valence-electron chi connectivity index (χ2n) is 9.01. The molecule has 1 aromatic heterocycles. The predicted octanol–water partition coefficient (Wildman–Crippen LogP) is -0.489. The number of aliphatic hydroxyl groups excluding tert-OH is 1. The Bertz CT molecular complexity index is 1230. The van der Waals surface area contributed by atoms with Crippen LogP contribution in [0.4, 0.5) is 9.59 Å². The van der Waals surface area contributed by atoms with Gasteiger partial charge in [-0.25, -0.2) is 18.9 Å². The van der Waals surface area contributed by atoms with Gasteiger partial charge in [0, 0.05) is 38.9 Å². The zero-order chi connectivity index (χ0) is 31.4. The molecule has 19 heteroatoms. The maximum atomic E-state index is 13.0. The zero-order valence-electron chi connectivity index (χ0n) is 23.9. The third-order valence-corrected chi connectivity index (χ3v) is 7.77. The molecule has 2 heterocycles. The Hall–Kier alpha value is -3.28. The number of nitrogens with zero attached hydrogens (tertiary/aromatic N) is 1. The van der Waals surface area contributed by atoms with Gasteiger partial charge in [0.1, 0.15) is 24.5 Å². The molecule has 0 bridgehead atoms. The van der Waals surface area contributed by atoms with E-state index >= 15 is 0 Å². The molecule has 1 aromatic rings. The number of methoxy groups -OCH3 is 2. The van der Waals surface area contributed by atoms with E-state index in [-0.39, 0.29) is 24.9 Å². The fourth-order valence-electron chi connectivity index (χ4n) is 4.20. The summed E-state index contributed by atoms with van der Waals surface area (Å²) >= 11 is 0. The van der Waals surface area contributed by atoms with Gasteiger partial charge in [0.15, 0.2) is 0 Å². The van der Waals surface area contributed by atoms with Gasteiger partial charge in [-0.3, -0.25) is 32.7 Å². The number of aliphatic hydroxyl groups is 1. The van der Waals surface area contributed by atoms with Crippen molar-refractivity contribution in [2.45, 2.75) is 63.1 Å². The molecule has 5 atom stereocenters. The number of nitrogens with one attached hydrogen (secondary N) is 4. The third-order valence-electron chi connectivity index (χ3n) is 6.35. The zero-order valence-corrected chi connectivity index (χ0v) is 24.8. The Morgan fingerprint density at radius 3 is 2.36 bits per heavy atom. The molecule has 0 aliphatic carbocycles. The monoisotopic (exact) mass is 623 g/mol. The number of H-pyrrole nitrogens is 1. The minimum atomic E-state index is -3.93. The van der Waals surface area contributed by atoms with E-state index in [9.17, 15) is 33.6 Å². The summed E-state index contributed by atoms with van der Waals surface area (Å²) in [5, 5.41) is 17.2. The largest absolute Gasteiger partial charge is 0.474 e.